The summed E-state index contributed by atoms with van der Waals surface area (Å²) in [7, 11) is 0. The quantitative estimate of drug-likeness (QED) is 0.854. The van der Waals surface area contributed by atoms with Crippen LogP contribution in [-0.4, -0.2) is 40.2 Å². The molecule has 0 bridgehead atoms. The third kappa shape index (κ3) is 3.79. The van der Waals surface area contributed by atoms with Crippen molar-refractivity contribution >= 4 is 34.8 Å². The molecule has 1 amide bonds. The lowest BCUT2D eigenvalue weighted by Gasteiger charge is -2.25. The van der Waals surface area contributed by atoms with Crippen LogP contribution in [0.1, 0.15) is 26.3 Å². The number of nitrogen functional groups attached to an aromatic ring is 1. The molecule has 1 atom stereocenters. The van der Waals surface area contributed by atoms with Gasteiger partial charge in [-0.25, -0.2) is 14.8 Å². The number of alkyl carbamates (subject to hydrolysis) is 1. The lowest BCUT2D eigenvalue weighted by molar-refractivity contribution is -0.121. The fourth-order valence-electron chi connectivity index (χ4n) is 2.80. The Balaban J connectivity index is 1.87. The molecular weight excluding hydrogens is 346 g/mol. The maximum absolute atomic E-state index is 13.0. The number of hydrogen-bond donors (Lipinski definition) is 2. The molecule has 8 heteroatoms. The number of aromatic nitrogens is 2. The van der Waals surface area contributed by atoms with E-state index in [4.69, 9.17) is 10.5 Å². The summed E-state index contributed by atoms with van der Waals surface area (Å²) in [6, 6.07) is 5.29. The minimum Gasteiger partial charge on any atom is -0.444 e. The molecule has 2 aromatic rings. The van der Waals surface area contributed by atoms with E-state index in [1.165, 1.54) is 6.33 Å². The van der Waals surface area contributed by atoms with Crippen LogP contribution in [0.3, 0.4) is 0 Å². The van der Waals surface area contributed by atoms with E-state index >= 15 is 0 Å². The van der Waals surface area contributed by atoms with Gasteiger partial charge >= 0.3 is 6.09 Å². The van der Waals surface area contributed by atoms with E-state index < -0.39 is 17.2 Å². The molecule has 0 aliphatic carbocycles. The number of rotatable bonds is 4. The second-order valence-electron chi connectivity index (χ2n) is 7.17. The molecule has 3 rings (SSSR count). The van der Waals surface area contributed by atoms with Crippen LogP contribution in [0.4, 0.5) is 10.6 Å². The van der Waals surface area contributed by atoms with Crippen LogP contribution >= 0.6 is 0 Å². The summed E-state index contributed by atoms with van der Waals surface area (Å²) in [4.78, 5) is 37.3. The predicted molar refractivity (Wildman–Crippen MR) is 103 cm³/mol. The van der Waals surface area contributed by atoms with Gasteiger partial charge in [-0.15, -0.1) is 0 Å². The van der Waals surface area contributed by atoms with Crippen molar-refractivity contribution < 1.29 is 14.3 Å². The van der Waals surface area contributed by atoms with Crippen molar-refractivity contribution in [1.29, 1.82) is 0 Å². The van der Waals surface area contributed by atoms with Gasteiger partial charge in [-0.05, 0) is 50.6 Å². The topological polar surface area (TPSA) is 120 Å². The van der Waals surface area contributed by atoms with E-state index in [1.54, 1.807) is 57.3 Å². The lowest BCUT2D eigenvalue weighted by atomic mass is 9.86. The molecule has 8 nitrogen and oxygen atoms in total. The van der Waals surface area contributed by atoms with Crippen LogP contribution in [0.2, 0.25) is 0 Å². The molecule has 3 N–H and O–H groups in total. The maximum Gasteiger partial charge on any atom is 0.408 e. The Morgan fingerprint density at radius 1 is 1.26 bits per heavy atom. The van der Waals surface area contributed by atoms with E-state index in [1.807, 2.05) is 0 Å². The standard InChI is InChI=1S/C19H21N5O3/c1-18(2,3)27-17(26)21-10-15(25)19(7-4-8-24-19)12-5-6-14-13(9-12)16(20)23-11-22-14/h4-9,11H,10H2,1-3H3,(H,21,26)(H2,20,22,23). The fraction of sp³-hybridized carbons (Fsp3) is 0.316. The molecule has 0 radical (unpaired) electrons. The average Bonchev–Trinajstić information content (AvgIpc) is 3.09. The van der Waals surface area contributed by atoms with E-state index in [2.05, 4.69) is 20.3 Å². The number of ketones is 1. The van der Waals surface area contributed by atoms with Crippen LogP contribution in [-0.2, 0) is 15.1 Å². The first kappa shape index (κ1) is 18.5. The van der Waals surface area contributed by atoms with Crippen molar-refractivity contribution in [2.24, 2.45) is 4.99 Å². The number of nitrogens with two attached hydrogens (primary N) is 1. The zero-order chi connectivity index (χ0) is 19.7. The van der Waals surface area contributed by atoms with Crippen LogP contribution in [0.25, 0.3) is 10.9 Å². The molecule has 2 heterocycles. The van der Waals surface area contributed by atoms with E-state index in [9.17, 15) is 9.59 Å². The Morgan fingerprint density at radius 2 is 2.04 bits per heavy atom. The third-order valence-corrected chi connectivity index (χ3v) is 4.03. The average molecular weight is 367 g/mol. The number of aliphatic imine (C=N–C) groups is 1. The smallest absolute Gasteiger partial charge is 0.408 e. The zero-order valence-corrected chi connectivity index (χ0v) is 15.4. The van der Waals surface area contributed by atoms with Gasteiger partial charge in [-0.1, -0.05) is 6.07 Å². The highest BCUT2D eigenvalue weighted by Gasteiger charge is 2.38. The number of allylic oxidation sites excluding steroid dienone is 1. The second kappa shape index (κ2) is 6.79. The maximum atomic E-state index is 13.0. The molecule has 0 saturated carbocycles. The van der Waals surface area contributed by atoms with Crippen LogP contribution < -0.4 is 11.1 Å². The van der Waals surface area contributed by atoms with Crippen molar-refractivity contribution in [2.75, 3.05) is 12.3 Å². The summed E-state index contributed by atoms with van der Waals surface area (Å²) >= 11 is 0. The molecule has 0 saturated heterocycles. The number of fused-ring (bicyclic) bond motifs is 1. The number of benzene rings is 1. The van der Waals surface area contributed by atoms with Crippen molar-refractivity contribution in [2.45, 2.75) is 31.9 Å². The summed E-state index contributed by atoms with van der Waals surface area (Å²) in [5.41, 5.74) is 5.35. The Labute approximate surface area is 156 Å². The van der Waals surface area contributed by atoms with Gasteiger partial charge in [0.1, 0.15) is 17.7 Å². The number of carbonyl (C=O) groups is 2. The SMILES string of the molecule is CC(C)(C)OC(=O)NCC(=O)C1(c2ccc3ncnc(N)c3c2)C=CC=N1. The van der Waals surface area contributed by atoms with Gasteiger partial charge < -0.3 is 15.8 Å². The number of ether oxygens (including phenoxy) is 1. The highest BCUT2D eigenvalue weighted by atomic mass is 16.6. The molecule has 0 spiro atoms. The number of Topliss-reactive ketones (excluding diaryl/α,β-unsaturated/α-hetero) is 1. The van der Waals surface area contributed by atoms with Crippen LogP contribution in [0, 0.1) is 0 Å². The predicted octanol–water partition coefficient (Wildman–Crippen LogP) is 2.14. The molecule has 1 aromatic heterocycles. The van der Waals surface area contributed by atoms with Gasteiger partial charge in [0.15, 0.2) is 11.3 Å². The highest BCUT2D eigenvalue weighted by molar-refractivity contribution is 6.00. The number of hydrogen-bond acceptors (Lipinski definition) is 7. The number of nitrogens with one attached hydrogen (secondary N) is 1. The summed E-state index contributed by atoms with van der Waals surface area (Å²) in [6.45, 7) is 5.03. The summed E-state index contributed by atoms with van der Waals surface area (Å²) in [5, 5.41) is 3.13. The number of nitrogens with zero attached hydrogens (tertiary/aromatic N) is 3. The second-order valence-corrected chi connectivity index (χ2v) is 7.17. The Hall–Kier alpha value is -3.29. The van der Waals surface area contributed by atoms with Gasteiger partial charge in [0.05, 0.1) is 12.1 Å². The third-order valence-electron chi connectivity index (χ3n) is 4.03. The van der Waals surface area contributed by atoms with Gasteiger partial charge in [0, 0.05) is 11.6 Å². The largest absolute Gasteiger partial charge is 0.444 e. The Morgan fingerprint density at radius 3 is 2.70 bits per heavy atom. The van der Waals surface area contributed by atoms with Crippen molar-refractivity contribution in [3.63, 3.8) is 0 Å². The van der Waals surface area contributed by atoms with Gasteiger partial charge in [-0.2, -0.15) is 0 Å². The van der Waals surface area contributed by atoms with E-state index in [-0.39, 0.29) is 12.3 Å². The Bertz CT molecular complexity index is 947. The van der Waals surface area contributed by atoms with Crippen molar-refractivity contribution in [3.05, 3.63) is 42.2 Å². The molecule has 0 fully saturated rings. The van der Waals surface area contributed by atoms with E-state index in [0.717, 1.165) is 0 Å². The number of anilines is 1. The summed E-state index contributed by atoms with van der Waals surface area (Å²) in [5.74, 6) is 0.0235. The molecule has 27 heavy (non-hydrogen) atoms. The first-order valence-electron chi connectivity index (χ1n) is 8.45. The number of carbonyl (C=O) groups excluding carboxylic acids is 2. The first-order valence-corrected chi connectivity index (χ1v) is 8.45. The number of amides is 1. The van der Waals surface area contributed by atoms with Gasteiger partial charge in [-0.3, -0.25) is 9.79 Å². The first-order chi connectivity index (χ1) is 12.7. The normalized spacial score (nSPS) is 18.6. The van der Waals surface area contributed by atoms with Crippen molar-refractivity contribution in [3.8, 4) is 0 Å². The minimum atomic E-state index is -1.23. The molecule has 1 aliphatic heterocycles. The fourth-order valence-corrected chi connectivity index (χ4v) is 2.80. The highest BCUT2D eigenvalue weighted by Crippen LogP contribution is 2.33. The molecule has 1 unspecified atom stereocenters. The van der Waals surface area contributed by atoms with E-state index in [0.29, 0.717) is 22.3 Å². The van der Waals surface area contributed by atoms with Crippen molar-refractivity contribution in [1.82, 2.24) is 15.3 Å². The molecular formula is C19H21N5O3. The zero-order valence-electron chi connectivity index (χ0n) is 15.4. The monoisotopic (exact) mass is 367 g/mol. The van der Waals surface area contributed by atoms with Gasteiger partial charge in [0.2, 0.25) is 0 Å². The molecule has 1 aliphatic rings. The van der Waals surface area contributed by atoms with Crippen LogP contribution in [0.5, 0.6) is 0 Å². The molecule has 140 valence electrons. The summed E-state index contributed by atoms with van der Waals surface area (Å²) < 4.78 is 5.17. The minimum absolute atomic E-state index is 0.227. The Kier molecular flexibility index (Phi) is 4.65. The van der Waals surface area contributed by atoms with Gasteiger partial charge in [0.25, 0.3) is 0 Å². The lowest BCUT2D eigenvalue weighted by Crippen LogP contribution is -2.42. The van der Waals surface area contributed by atoms with Crippen LogP contribution in [0.15, 0.2) is 41.7 Å². The molecule has 1 aromatic carbocycles. The summed E-state index contributed by atoms with van der Waals surface area (Å²) in [6.07, 6.45) is 5.66.